The summed E-state index contributed by atoms with van der Waals surface area (Å²) in [6, 6.07) is -3.61. The Balaban J connectivity index is 0.00000239. The molecule has 0 aromatic heterocycles. The van der Waals surface area contributed by atoms with Crippen LogP contribution in [0.25, 0.3) is 0 Å². The van der Waals surface area contributed by atoms with Crippen LogP contribution in [0.3, 0.4) is 0 Å². The van der Waals surface area contributed by atoms with Gasteiger partial charge >= 0.3 is 12.0 Å². The number of esters is 1. The number of nitrogens with two attached hydrogens (primary N) is 1. The van der Waals surface area contributed by atoms with Crippen LogP contribution in [-0.2, 0) is 28.7 Å². The lowest BCUT2D eigenvalue weighted by molar-refractivity contribution is -0.153. The quantitative estimate of drug-likeness (QED) is 0.212. The van der Waals surface area contributed by atoms with Crippen LogP contribution in [0, 0.1) is 17.3 Å². The first-order valence-corrected chi connectivity index (χ1v) is 15.8. The highest BCUT2D eigenvalue weighted by atomic mass is 16.6. The maximum absolute atomic E-state index is 13.6. The van der Waals surface area contributed by atoms with E-state index in [9.17, 15) is 28.8 Å². The van der Waals surface area contributed by atoms with Crippen LogP contribution in [0.4, 0.5) is 4.79 Å². The normalized spacial score (nSPS) is 17.5. The van der Waals surface area contributed by atoms with Gasteiger partial charge in [0.15, 0.2) is 0 Å². The number of urea groups is 1. The van der Waals surface area contributed by atoms with E-state index in [0.717, 1.165) is 18.8 Å². The van der Waals surface area contributed by atoms with Crippen molar-refractivity contribution >= 4 is 35.5 Å². The summed E-state index contributed by atoms with van der Waals surface area (Å²) in [7, 11) is 0. The van der Waals surface area contributed by atoms with Gasteiger partial charge in [-0.2, -0.15) is 0 Å². The molecular weight excluding hydrogens is 566 g/mol. The molecule has 2 rings (SSSR count). The van der Waals surface area contributed by atoms with Crippen molar-refractivity contribution in [3.05, 3.63) is 0 Å². The summed E-state index contributed by atoms with van der Waals surface area (Å²) in [5.74, 6) is -2.50. The highest BCUT2D eigenvalue weighted by molar-refractivity contribution is 6.37. The van der Waals surface area contributed by atoms with Crippen LogP contribution in [0.1, 0.15) is 115 Å². The number of amides is 5. The number of ketones is 1. The van der Waals surface area contributed by atoms with Gasteiger partial charge in [-0.3, -0.25) is 24.0 Å². The molecule has 2 fully saturated rings. The van der Waals surface area contributed by atoms with Crippen LogP contribution < -0.4 is 21.7 Å². The average molecular weight is 626 g/mol. The van der Waals surface area contributed by atoms with Crippen LogP contribution in [0.15, 0.2) is 0 Å². The SMILES string of the molecule is CC(C)(C)OC(=O)CNC(=O)NC(C(=O)N1CCC[C@H]1C(=O)NC(CC1CC1)C(=O)C(N)=O)C(C)(C)C.CC(C)C.CCC. The lowest BCUT2D eigenvalue weighted by Gasteiger charge is -2.35. The van der Waals surface area contributed by atoms with Gasteiger partial charge in [0.2, 0.25) is 17.6 Å². The number of nitrogens with zero attached hydrogens (tertiary/aromatic N) is 1. The molecule has 3 atom stereocenters. The van der Waals surface area contributed by atoms with E-state index in [4.69, 9.17) is 10.5 Å². The molecule has 0 spiro atoms. The van der Waals surface area contributed by atoms with Gasteiger partial charge in [0.1, 0.15) is 24.2 Å². The lowest BCUT2D eigenvalue weighted by atomic mass is 9.85. The first kappa shape index (κ1) is 40.8. The summed E-state index contributed by atoms with van der Waals surface area (Å²) in [4.78, 5) is 76.3. The van der Waals surface area contributed by atoms with E-state index in [2.05, 4.69) is 50.6 Å². The fraction of sp³-hybridized carbons (Fsp3) is 0.812. The Morgan fingerprint density at radius 3 is 1.86 bits per heavy atom. The Hall–Kier alpha value is -3.18. The molecule has 5 N–H and O–H groups in total. The topological polar surface area (TPSA) is 177 Å². The molecule has 2 aliphatic rings. The summed E-state index contributed by atoms with van der Waals surface area (Å²) in [6.45, 7) is 21.1. The van der Waals surface area contributed by atoms with Gasteiger partial charge in [-0.25, -0.2) is 4.79 Å². The zero-order chi connectivity index (χ0) is 34.4. The summed E-state index contributed by atoms with van der Waals surface area (Å²) in [5.41, 5.74) is 3.74. The van der Waals surface area contributed by atoms with Crippen molar-refractivity contribution in [2.45, 2.75) is 138 Å². The number of primary amides is 1. The van der Waals surface area contributed by atoms with E-state index in [1.807, 2.05) is 0 Å². The Morgan fingerprint density at radius 1 is 0.909 bits per heavy atom. The highest BCUT2D eigenvalue weighted by Gasteiger charge is 2.43. The highest BCUT2D eigenvalue weighted by Crippen LogP contribution is 2.34. The first-order valence-electron chi connectivity index (χ1n) is 15.8. The zero-order valence-electron chi connectivity index (χ0n) is 28.9. The molecule has 1 heterocycles. The second-order valence-corrected chi connectivity index (χ2v) is 14.3. The van der Waals surface area contributed by atoms with Crippen molar-refractivity contribution in [3.63, 3.8) is 0 Å². The number of likely N-dealkylation sites (tertiary alicyclic amines) is 1. The molecule has 44 heavy (non-hydrogen) atoms. The van der Waals surface area contributed by atoms with Crippen LogP contribution in [0.2, 0.25) is 0 Å². The predicted octanol–water partition coefficient (Wildman–Crippen LogP) is 3.45. The average Bonchev–Trinajstić information content (AvgIpc) is 3.54. The summed E-state index contributed by atoms with van der Waals surface area (Å²) < 4.78 is 5.17. The monoisotopic (exact) mass is 625 g/mol. The van der Waals surface area contributed by atoms with E-state index < -0.39 is 64.6 Å². The molecule has 0 radical (unpaired) electrons. The molecule has 0 aromatic rings. The number of ether oxygens (including phenoxy) is 1. The van der Waals surface area contributed by atoms with Crippen molar-refractivity contribution in [2.75, 3.05) is 13.1 Å². The Bertz CT molecular complexity index is 978. The lowest BCUT2D eigenvalue weighted by Crippen LogP contribution is -2.60. The summed E-state index contributed by atoms with van der Waals surface area (Å²) >= 11 is 0. The fourth-order valence-electron chi connectivity index (χ4n) is 4.19. The van der Waals surface area contributed by atoms with Crippen LogP contribution in [0.5, 0.6) is 0 Å². The van der Waals surface area contributed by atoms with E-state index in [-0.39, 0.29) is 12.5 Å². The number of carbonyl (C=O) groups is 6. The Labute approximate surface area is 264 Å². The molecule has 254 valence electrons. The number of Topliss-reactive ketones (excluding diaryl/α,β-unsaturated/α-hetero) is 1. The third-order valence-electron chi connectivity index (χ3n) is 6.18. The predicted molar refractivity (Wildman–Crippen MR) is 170 cm³/mol. The minimum Gasteiger partial charge on any atom is -0.459 e. The summed E-state index contributed by atoms with van der Waals surface area (Å²) in [5, 5.41) is 7.66. The first-order chi connectivity index (χ1) is 20.1. The number of hydrogen-bond donors (Lipinski definition) is 4. The largest absolute Gasteiger partial charge is 0.459 e. The third-order valence-corrected chi connectivity index (χ3v) is 6.18. The second kappa shape index (κ2) is 18.6. The van der Waals surface area contributed by atoms with Crippen molar-refractivity contribution in [3.8, 4) is 0 Å². The van der Waals surface area contributed by atoms with Gasteiger partial charge in [-0.15, -0.1) is 0 Å². The molecule has 1 aliphatic heterocycles. The van der Waals surface area contributed by atoms with E-state index in [1.165, 1.54) is 11.3 Å². The van der Waals surface area contributed by atoms with E-state index >= 15 is 0 Å². The van der Waals surface area contributed by atoms with Gasteiger partial charge in [0.25, 0.3) is 5.91 Å². The molecule has 1 aliphatic carbocycles. The molecule has 12 heteroatoms. The smallest absolute Gasteiger partial charge is 0.325 e. The number of carbonyl (C=O) groups excluding carboxylic acids is 6. The summed E-state index contributed by atoms with van der Waals surface area (Å²) in [6.07, 6.45) is 4.35. The van der Waals surface area contributed by atoms with Gasteiger partial charge in [0, 0.05) is 6.54 Å². The Morgan fingerprint density at radius 2 is 1.43 bits per heavy atom. The van der Waals surface area contributed by atoms with E-state index in [0.29, 0.717) is 25.8 Å². The van der Waals surface area contributed by atoms with Gasteiger partial charge in [-0.05, 0) is 57.3 Å². The minimum atomic E-state index is -1.11. The molecule has 1 saturated heterocycles. The van der Waals surface area contributed by atoms with Gasteiger partial charge in [-0.1, -0.05) is 74.7 Å². The van der Waals surface area contributed by atoms with Crippen molar-refractivity contribution in [1.29, 1.82) is 0 Å². The molecule has 5 amide bonds. The van der Waals surface area contributed by atoms with Gasteiger partial charge in [0.05, 0.1) is 6.04 Å². The number of hydrogen-bond acceptors (Lipinski definition) is 7. The van der Waals surface area contributed by atoms with Crippen molar-refractivity contribution < 1.29 is 33.5 Å². The molecule has 2 unspecified atom stereocenters. The molecule has 1 saturated carbocycles. The second-order valence-electron chi connectivity index (χ2n) is 14.3. The number of rotatable bonds is 10. The Kier molecular flexibility index (Phi) is 17.2. The standard InChI is InChI=1S/C25H41N5O7.C4H10.C3H8/c1-24(2,3)19(29-23(36)27-13-17(31)37-25(4,5)6)22(35)30-11-7-8-16(30)21(34)28-15(12-14-9-10-14)18(32)20(26)33;1-4(2)3;1-3-2/h14-16,19H,7-13H2,1-6H3,(H2,26,33)(H,28,34)(H2,27,29,36);4H,1-3H3;3H2,1-2H3/t15?,16-,19?;;/m0../s1. The maximum atomic E-state index is 13.6. The molecule has 0 bridgehead atoms. The molecular formula is C32H59N5O7. The van der Waals surface area contributed by atoms with Crippen LogP contribution >= 0.6 is 0 Å². The molecule has 0 aromatic carbocycles. The van der Waals surface area contributed by atoms with Crippen molar-refractivity contribution in [1.82, 2.24) is 20.9 Å². The maximum Gasteiger partial charge on any atom is 0.325 e. The zero-order valence-corrected chi connectivity index (χ0v) is 28.9. The number of nitrogens with one attached hydrogen (secondary N) is 3. The fourth-order valence-corrected chi connectivity index (χ4v) is 4.19. The third kappa shape index (κ3) is 16.6. The van der Waals surface area contributed by atoms with E-state index in [1.54, 1.807) is 41.5 Å². The van der Waals surface area contributed by atoms with Gasteiger partial charge < -0.3 is 31.3 Å². The molecule has 12 nitrogen and oxygen atoms in total. The van der Waals surface area contributed by atoms with Crippen molar-refractivity contribution in [2.24, 2.45) is 23.0 Å². The van der Waals surface area contributed by atoms with Crippen LogP contribution in [-0.4, -0.2) is 77.2 Å². The minimum absolute atomic E-state index is 0.253.